The monoisotopic (exact) mass is 420 g/mol. The summed E-state index contributed by atoms with van der Waals surface area (Å²) in [6.45, 7) is 10.3. The first-order valence-electron chi connectivity index (χ1n) is 10.6. The Bertz CT molecular complexity index is 1020. The van der Waals surface area contributed by atoms with Crippen LogP contribution in [0.2, 0.25) is 0 Å². The van der Waals surface area contributed by atoms with Gasteiger partial charge in [-0.15, -0.1) is 0 Å². The summed E-state index contributed by atoms with van der Waals surface area (Å²) in [7, 11) is 1.71. The van der Waals surface area contributed by atoms with E-state index in [9.17, 15) is 0 Å². The van der Waals surface area contributed by atoms with Crippen molar-refractivity contribution in [2.75, 3.05) is 20.2 Å². The van der Waals surface area contributed by atoms with E-state index in [1.165, 1.54) is 11.1 Å². The molecular formula is C24H32N6O. The molecular weight excluding hydrogens is 388 g/mol. The smallest absolute Gasteiger partial charge is 0.191 e. The number of ether oxygens (including phenoxy) is 1. The van der Waals surface area contributed by atoms with Crippen molar-refractivity contribution in [2.45, 2.75) is 40.7 Å². The fourth-order valence-electron chi connectivity index (χ4n) is 3.43. The predicted octanol–water partition coefficient (Wildman–Crippen LogP) is 3.50. The molecule has 31 heavy (non-hydrogen) atoms. The van der Waals surface area contributed by atoms with Gasteiger partial charge in [-0.1, -0.05) is 23.8 Å². The van der Waals surface area contributed by atoms with Crippen LogP contribution in [0.5, 0.6) is 5.75 Å². The molecule has 7 heteroatoms. The Hall–Kier alpha value is -3.35. The molecule has 0 amide bonds. The lowest BCUT2D eigenvalue weighted by Gasteiger charge is -2.13. The van der Waals surface area contributed by atoms with Crippen LogP contribution in [-0.2, 0) is 13.0 Å². The number of benzene rings is 1. The van der Waals surface area contributed by atoms with E-state index in [1.807, 2.05) is 49.0 Å². The van der Waals surface area contributed by atoms with Crippen LogP contribution in [0.1, 0.15) is 35.0 Å². The Kier molecular flexibility index (Phi) is 7.65. The van der Waals surface area contributed by atoms with Crippen LogP contribution in [0.3, 0.4) is 0 Å². The molecule has 164 valence electrons. The molecule has 0 aliphatic carbocycles. The topological polar surface area (TPSA) is 76.4 Å². The van der Waals surface area contributed by atoms with Crippen LogP contribution in [0, 0.1) is 20.8 Å². The number of nitrogens with zero attached hydrogens (tertiary/aromatic N) is 4. The maximum Gasteiger partial charge on any atom is 0.191 e. The zero-order valence-electron chi connectivity index (χ0n) is 19.1. The predicted molar refractivity (Wildman–Crippen MR) is 125 cm³/mol. The lowest BCUT2D eigenvalue weighted by molar-refractivity contribution is 0.409. The second-order valence-electron chi connectivity index (χ2n) is 7.55. The maximum absolute atomic E-state index is 5.47. The first-order chi connectivity index (χ1) is 15.0. The molecule has 2 aromatic heterocycles. The molecule has 0 saturated heterocycles. The lowest BCUT2D eigenvalue weighted by Crippen LogP contribution is -2.38. The third-order valence-corrected chi connectivity index (χ3v) is 4.92. The highest BCUT2D eigenvalue weighted by atomic mass is 16.5. The molecule has 2 heterocycles. The minimum atomic E-state index is 0.549. The van der Waals surface area contributed by atoms with Gasteiger partial charge in [-0.3, -0.25) is 0 Å². The number of hydrogen-bond donors (Lipinski definition) is 2. The minimum Gasteiger partial charge on any atom is -0.496 e. The van der Waals surface area contributed by atoms with E-state index in [0.29, 0.717) is 6.54 Å². The number of rotatable bonds is 8. The first-order valence-corrected chi connectivity index (χ1v) is 10.6. The normalized spacial score (nSPS) is 11.5. The van der Waals surface area contributed by atoms with Crippen LogP contribution in [0.4, 0.5) is 0 Å². The highest BCUT2D eigenvalue weighted by Crippen LogP contribution is 2.19. The molecule has 0 aliphatic heterocycles. The number of nitrogens with one attached hydrogen (secondary N) is 2. The van der Waals surface area contributed by atoms with Crippen molar-refractivity contribution < 1.29 is 4.74 Å². The van der Waals surface area contributed by atoms with Gasteiger partial charge in [0.1, 0.15) is 5.75 Å². The van der Waals surface area contributed by atoms with E-state index in [2.05, 4.69) is 46.7 Å². The summed E-state index contributed by atoms with van der Waals surface area (Å²) < 4.78 is 7.33. The van der Waals surface area contributed by atoms with E-state index in [-0.39, 0.29) is 0 Å². The average molecular weight is 421 g/mol. The first kappa shape index (κ1) is 22.3. The van der Waals surface area contributed by atoms with Gasteiger partial charge >= 0.3 is 0 Å². The van der Waals surface area contributed by atoms with Crippen LogP contribution in [-0.4, -0.2) is 40.9 Å². The minimum absolute atomic E-state index is 0.549. The highest BCUT2D eigenvalue weighted by Gasteiger charge is 2.06. The Morgan fingerprint density at radius 1 is 1.10 bits per heavy atom. The van der Waals surface area contributed by atoms with Crippen LogP contribution in [0.25, 0.3) is 5.82 Å². The molecule has 1 aromatic carbocycles. The number of hydrogen-bond acceptors (Lipinski definition) is 4. The third-order valence-electron chi connectivity index (χ3n) is 4.92. The number of aliphatic imine (C=N–C) groups is 1. The number of pyridine rings is 1. The molecule has 0 unspecified atom stereocenters. The number of aromatic nitrogens is 3. The van der Waals surface area contributed by atoms with Gasteiger partial charge in [0.25, 0.3) is 0 Å². The molecule has 3 aromatic rings. The largest absolute Gasteiger partial charge is 0.496 e. The molecule has 0 aliphatic rings. The zero-order chi connectivity index (χ0) is 22.2. The van der Waals surface area contributed by atoms with Crippen molar-refractivity contribution in [3.8, 4) is 11.6 Å². The van der Waals surface area contributed by atoms with Crippen LogP contribution in [0.15, 0.2) is 47.6 Å². The molecule has 0 atom stereocenters. The Morgan fingerprint density at radius 3 is 2.58 bits per heavy atom. The molecule has 0 fully saturated rings. The van der Waals surface area contributed by atoms with Gasteiger partial charge < -0.3 is 15.4 Å². The van der Waals surface area contributed by atoms with Crippen molar-refractivity contribution in [3.05, 3.63) is 70.7 Å². The lowest BCUT2D eigenvalue weighted by atomic mass is 10.1. The number of guanidine groups is 1. The average Bonchev–Trinajstić information content (AvgIpc) is 3.10. The number of methoxy groups -OCH3 is 1. The summed E-state index contributed by atoms with van der Waals surface area (Å²) in [4.78, 5) is 9.25. The van der Waals surface area contributed by atoms with Gasteiger partial charge in [0, 0.05) is 25.0 Å². The summed E-state index contributed by atoms with van der Waals surface area (Å²) in [6.07, 6.45) is 2.71. The van der Waals surface area contributed by atoms with E-state index < -0.39 is 0 Å². The fourth-order valence-corrected chi connectivity index (χ4v) is 3.43. The van der Waals surface area contributed by atoms with E-state index in [4.69, 9.17) is 9.73 Å². The molecule has 0 bridgehead atoms. The highest BCUT2D eigenvalue weighted by molar-refractivity contribution is 5.79. The van der Waals surface area contributed by atoms with Crippen molar-refractivity contribution in [2.24, 2.45) is 4.99 Å². The standard InChI is InChI=1S/C24H32N6O/c1-6-25-24(26-12-11-21-13-17(2)7-9-22(21)31-5)28-16-20-8-10-23(27-15-20)30-19(4)14-18(3)29-30/h7-10,13-15H,6,11-12,16H2,1-5H3,(H2,25,26,28). The van der Waals surface area contributed by atoms with E-state index in [1.54, 1.807) is 7.11 Å². The van der Waals surface area contributed by atoms with Crippen molar-refractivity contribution in [3.63, 3.8) is 0 Å². The van der Waals surface area contributed by atoms with Crippen molar-refractivity contribution in [1.29, 1.82) is 0 Å². The van der Waals surface area contributed by atoms with Gasteiger partial charge in [-0.05, 0) is 63.4 Å². The third kappa shape index (κ3) is 6.07. The van der Waals surface area contributed by atoms with Gasteiger partial charge in [0.2, 0.25) is 0 Å². The summed E-state index contributed by atoms with van der Waals surface area (Å²) in [5.41, 5.74) is 5.52. The molecule has 2 N–H and O–H groups in total. The maximum atomic E-state index is 5.47. The van der Waals surface area contributed by atoms with Crippen LogP contribution >= 0.6 is 0 Å². The summed E-state index contributed by atoms with van der Waals surface area (Å²) in [5, 5.41) is 11.2. The SMILES string of the molecule is CCNC(=NCc1ccc(-n2nc(C)cc2C)nc1)NCCc1cc(C)ccc1OC. The summed E-state index contributed by atoms with van der Waals surface area (Å²) in [5.74, 6) is 2.52. The van der Waals surface area contributed by atoms with Gasteiger partial charge in [-0.2, -0.15) is 5.10 Å². The number of aryl methyl sites for hydroxylation is 3. The Morgan fingerprint density at radius 2 is 1.94 bits per heavy atom. The van der Waals surface area contributed by atoms with Gasteiger partial charge in [0.05, 0.1) is 19.3 Å². The van der Waals surface area contributed by atoms with Gasteiger partial charge in [0.15, 0.2) is 11.8 Å². The van der Waals surface area contributed by atoms with Crippen LogP contribution < -0.4 is 15.4 Å². The summed E-state index contributed by atoms with van der Waals surface area (Å²) >= 11 is 0. The van der Waals surface area contributed by atoms with Crippen molar-refractivity contribution in [1.82, 2.24) is 25.4 Å². The van der Waals surface area contributed by atoms with Crippen molar-refractivity contribution >= 4 is 5.96 Å². The second-order valence-corrected chi connectivity index (χ2v) is 7.55. The van der Waals surface area contributed by atoms with Gasteiger partial charge in [-0.25, -0.2) is 14.7 Å². The molecule has 0 spiro atoms. The zero-order valence-corrected chi connectivity index (χ0v) is 19.1. The van der Waals surface area contributed by atoms with E-state index >= 15 is 0 Å². The Balaban J connectivity index is 1.60. The fraction of sp³-hybridized carbons (Fsp3) is 0.375. The Labute approximate surface area is 184 Å². The molecule has 0 saturated carbocycles. The quantitative estimate of drug-likeness (QED) is 0.431. The molecule has 0 radical (unpaired) electrons. The van der Waals surface area contributed by atoms with E-state index in [0.717, 1.165) is 54.0 Å². The second kappa shape index (κ2) is 10.6. The summed E-state index contributed by atoms with van der Waals surface area (Å²) in [6, 6.07) is 12.3. The molecule has 3 rings (SSSR count). The molecule has 7 nitrogen and oxygen atoms in total.